The third-order valence-corrected chi connectivity index (χ3v) is 2.62. The molecule has 0 saturated heterocycles. The van der Waals surface area contributed by atoms with Gasteiger partial charge in [0.15, 0.2) is 5.82 Å². The molecule has 0 saturated carbocycles. The van der Waals surface area contributed by atoms with E-state index in [4.69, 9.17) is 0 Å². The Morgan fingerprint density at radius 1 is 1.16 bits per heavy atom. The maximum atomic E-state index is 4.38. The van der Waals surface area contributed by atoms with Gasteiger partial charge in [-0.2, -0.15) is 10.1 Å². The van der Waals surface area contributed by atoms with E-state index in [1.165, 1.54) is 5.56 Å². The van der Waals surface area contributed by atoms with Crippen LogP contribution in [0.5, 0.6) is 0 Å². The molecule has 2 rings (SSSR count). The molecule has 5 heteroatoms. The molecule has 100 valence electrons. The van der Waals surface area contributed by atoms with E-state index in [0.29, 0.717) is 12.0 Å². The Bertz CT molecular complexity index is 566. The second-order valence-corrected chi connectivity index (χ2v) is 4.91. The van der Waals surface area contributed by atoms with Crippen LogP contribution < -0.4 is 10.6 Å². The Kier molecular flexibility index (Phi) is 3.94. The highest BCUT2D eigenvalue weighted by Gasteiger charge is 2.04. The minimum atomic E-state index is 0.311. The minimum Gasteiger partial charge on any atom is -0.366 e. The molecule has 19 heavy (non-hydrogen) atoms. The molecule has 1 aromatic heterocycles. The molecule has 0 aliphatic heterocycles. The van der Waals surface area contributed by atoms with Crippen molar-refractivity contribution in [2.24, 2.45) is 0 Å². The van der Waals surface area contributed by atoms with Gasteiger partial charge in [0.2, 0.25) is 5.95 Å². The smallest absolute Gasteiger partial charge is 0.249 e. The molecule has 0 aliphatic rings. The molecule has 5 nitrogen and oxygen atoms in total. The SMILES string of the molecule is Cc1ccc(Nc2nncc(NC(C)C)n2)c(C)c1. The van der Waals surface area contributed by atoms with Gasteiger partial charge in [0.1, 0.15) is 0 Å². The maximum Gasteiger partial charge on any atom is 0.249 e. The summed E-state index contributed by atoms with van der Waals surface area (Å²) in [6.07, 6.45) is 1.62. The normalized spacial score (nSPS) is 10.6. The van der Waals surface area contributed by atoms with Crippen LogP contribution in [-0.2, 0) is 0 Å². The number of benzene rings is 1. The zero-order valence-corrected chi connectivity index (χ0v) is 11.7. The van der Waals surface area contributed by atoms with Crippen molar-refractivity contribution >= 4 is 17.5 Å². The van der Waals surface area contributed by atoms with Gasteiger partial charge in [0, 0.05) is 11.7 Å². The molecule has 0 aliphatic carbocycles. The number of rotatable bonds is 4. The zero-order chi connectivity index (χ0) is 13.8. The number of anilines is 3. The molecule has 0 amide bonds. The van der Waals surface area contributed by atoms with E-state index in [1.54, 1.807) is 6.20 Å². The van der Waals surface area contributed by atoms with Gasteiger partial charge < -0.3 is 10.6 Å². The number of nitrogens with one attached hydrogen (secondary N) is 2. The van der Waals surface area contributed by atoms with Gasteiger partial charge in [-0.25, -0.2) is 0 Å². The van der Waals surface area contributed by atoms with Crippen LogP contribution in [0.25, 0.3) is 0 Å². The first-order valence-corrected chi connectivity index (χ1v) is 6.35. The van der Waals surface area contributed by atoms with Gasteiger partial charge in [-0.1, -0.05) is 17.7 Å². The van der Waals surface area contributed by atoms with Gasteiger partial charge in [-0.05, 0) is 39.3 Å². The predicted molar refractivity (Wildman–Crippen MR) is 77.8 cm³/mol. The first-order chi connectivity index (χ1) is 9.04. The molecule has 0 radical (unpaired) electrons. The van der Waals surface area contributed by atoms with Crippen LogP contribution in [0.15, 0.2) is 24.4 Å². The summed E-state index contributed by atoms with van der Waals surface area (Å²) in [7, 11) is 0. The molecule has 1 heterocycles. The lowest BCUT2D eigenvalue weighted by Crippen LogP contribution is -2.12. The van der Waals surface area contributed by atoms with Gasteiger partial charge in [-0.3, -0.25) is 0 Å². The summed E-state index contributed by atoms with van der Waals surface area (Å²) in [5.74, 6) is 1.22. The monoisotopic (exact) mass is 257 g/mol. The van der Waals surface area contributed by atoms with Gasteiger partial charge in [0.25, 0.3) is 0 Å². The molecule has 0 spiro atoms. The second kappa shape index (κ2) is 5.65. The van der Waals surface area contributed by atoms with Crippen molar-refractivity contribution < 1.29 is 0 Å². The molecule has 2 aromatic rings. The van der Waals surface area contributed by atoms with E-state index in [9.17, 15) is 0 Å². The summed E-state index contributed by atoms with van der Waals surface area (Å²) >= 11 is 0. The highest BCUT2D eigenvalue weighted by molar-refractivity contribution is 5.59. The number of aromatic nitrogens is 3. The largest absolute Gasteiger partial charge is 0.366 e. The van der Waals surface area contributed by atoms with E-state index < -0.39 is 0 Å². The van der Waals surface area contributed by atoms with Crippen molar-refractivity contribution in [3.63, 3.8) is 0 Å². The van der Waals surface area contributed by atoms with Crippen LogP contribution in [0.2, 0.25) is 0 Å². The van der Waals surface area contributed by atoms with Crippen molar-refractivity contribution in [1.29, 1.82) is 0 Å². The highest BCUT2D eigenvalue weighted by atomic mass is 15.3. The molecule has 0 fully saturated rings. The second-order valence-electron chi connectivity index (χ2n) is 4.91. The lowest BCUT2D eigenvalue weighted by atomic mass is 10.1. The fourth-order valence-corrected chi connectivity index (χ4v) is 1.80. The Morgan fingerprint density at radius 3 is 2.63 bits per heavy atom. The summed E-state index contributed by atoms with van der Waals surface area (Å²) in [4.78, 5) is 4.38. The van der Waals surface area contributed by atoms with Crippen LogP contribution in [0.3, 0.4) is 0 Å². The first-order valence-electron chi connectivity index (χ1n) is 6.35. The average molecular weight is 257 g/mol. The molecule has 0 atom stereocenters. The number of nitrogens with zero attached hydrogens (tertiary/aromatic N) is 3. The summed E-state index contributed by atoms with van der Waals surface area (Å²) in [5.41, 5.74) is 3.39. The zero-order valence-electron chi connectivity index (χ0n) is 11.7. The van der Waals surface area contributed by atoms with Crippen molar-refractivity contribution in [2.45, 2.75) is 33.7 Å². The Hall–Kier alpha value is -2.17. The fraction of sp³-hybridized carbons (Fsp3) is 0.357. The standard InChI is InChI=1S/C14H19N5/c1-9(2)16-13-8-15-19-14(18-13)17-12-6-5-10(3)7-11(12)4/h5-9H,1-4H3,(H2,16,17,18,19). The number of hydrogen-bond donors (Lipinski definition) is 2. The molecule has 0 unspecified atom stereocenters. The minimum absolute atomic E-state index is 0.311. The molecule has 0 bridgehead atoms. The molecular formula is C14H19N5. The topological polar surface area (TPSA) is 62.7 Å². The van der Waals surface area contributed by atoms with Gasteiger partial charge in [-0.15, -0.1) is 5.10 Å². The van der Waals surface area contributed by atoms with E-state index in [0.717, 1.165) is 17.1 Å². The van der Waals surface area contributed by atoms with Crippen molar-refractivity contribution in [3.05, 3.63) is 35.5 Å². The predicted octanol–water partition coefficient (Wildman–Crippen LogP) is 3.05. The first kappa shape index (κ1) is 13.3. The van der Waals surface area contributed by atoms with Gasteiger partial charge >= 0.3 is 0 Å². The van der Waals surface area contributed by atoms with Crippen LogP contribution in [-0.4, -0.2) is 21.2 Å². The Balaban J connectivity index is 2.18. The maximum absolute atomic E-state index is 4.38. The van der Waals surface area contributed by atoms with Gasteiger partial charge in [0.05, 0.1) is 6.20 Å². The van der Waals surface area contributed by atoms with Crippen molar-refractivity contribution in [2.75, 3.05) is 10.6 Å². The summed E-state index contributed by atoms with van der Waals surface area (Å²) in [6, 6.07) is 6.51. The Morgan fingerprint density at radius 2 is 1.95 bits per heavy atom. The molecule has 2 N–H and O–H groups in total. The van der Waals surface area contributed by atoms with Crippen LogP contribution in [0.4, 0.5) is 17.5 Å². The van der Waals surface area contributed by atoms with E-state index in [-0.39, 0.29) is 0 Å². The summed E-state index contributed by atoms with van der Waals surface area (Å²) in [5, 5.41) is 14.3. The quantitative estimate of drug-likeness (QED) is 0.881. The molecule has 1 aromatic carbocycles. The summed E-state index contributed by atoms with van der Waals surface area (Å²) < 4.78 is 0. The highest BCUT2D eigenvalue weighted by Crippen LogP contribution is 2.19. The van der Waals surface area contributed by atoms with Crippen LogP contribution in [0, 0.1) is 13.8 Å². The van der Waals surface area contributed by atoms with E-state index in [2.05, 4.69) is 65.6 Å². The lowest BCUT2D eigenvalue weighted by Gasteiger charge is -2.11. The van der Waals surface area contributed by atoms with Crippen LogP contribution in [0.1, 0.15) is 25.0 Å². The molecular weight excluding hydrogens is 238 g/mol. The van der Waals surface area contributed by atoms with E-state index >= 15 is 0 Å². The number of hydrogen-bond acceptors (Lipinski definition) is 5. The third kappa shape index (κ3) is 3.64. The number of aryl methyl sites for hydroxylation is 2. The van der Waals surface area contributed by atoms with Crippen molar-refractivity contribution in [1.82, 2.24) is 15.2 Å². The summed E-state index contributed by atoms with van der Waals surface area (Å²) in [6.45, 7) is 8.24. The Labute approximate surface area is 113 Å². The van der Waals surface area contributed by atoms with E-state index in [1.807, 2.05) is 6.07 Å². The van der Waals surface area contributed by atoms with Crippen LogP contribution >= 0.6 is 0 Å². The van der Waals surface area contributed by atoms with Crippen molar-refractivity contribution in [3.8, 4) is 0 Å². The lowest BCUT2D eigenvalue weighted by molar-refractivity contribution is 0.873. The fourth-order valence-electron chi connectivity index (χ4n) is 1.80. The third-order valence-electron chi connectivity index (χ3n) is 2.62. The average Bonchev–Trinajstić information content (AvgIpc) is 2.32.